The summed E-state index contributed by atoms with van der Waals surface area (Å²) < 4.78 is 14.2. The summed E-state index contributed by atoms with van der Waals surface area (Å²) in [6, 6.07) is 3.56. The Balaban J connectivity index is 2.87. The van der Waals surface area contributed by atoms with E-state index in [1.165, 1.54) is 11.3 Å². The summed E-state index contributed by atoms with van der Waals surface area (Å²) in [6.07, 6.45) is 0. The second-order valence-electron chi connectivity index (χ2n) is 2.69. The monoisotopic (exact) mass is 214 g/mol. The first kappa shape index (κ1) is 8.99. The molecule has 0 saturated carbocycles. The molecule has 0 spiro atoms. The first-order valence-corrected chi connectivity index (χ1v) is 5.05. The maximum Gasteiger partial charge on any atom is 0.143 e. The van der Waals surface area contributed by atoms with Gasteiger partial charge in [-0.15, -0.1) is 24.0 Å². The second-order valence-corrected chi connectivity index (χ2v) is 4.08. The lowest BCUT2D eigenvalue weighted by Crippen LogP contribution is -1.91. The highest BCUT2D eigenvalue weighted by atomic mass is 32.1. The summed E-state index contributed by atoms with van der Waals surface area (Å²) >= 11 is 5.42. The van der Waals surface area contributed by atoms with Crippen LogP contribution in [-0.2, 0) is 6.61 Å². The zero-order valence-corrected chi connectivity index (χ0v) is 8.33. The van der Waals surface area contributed by atoms with Gasteiger partial charge in [-0.25, -0.2) is 4.39 Å². The van der Waals surface area contributed by atoms with Gasteiger partial charge in [0.25, 0.3) is 0 Å². The van der Waals surface area contributed by atoms with Crippen molar-refractivity contribution in [1.82, 2.24) is 0 Å². The minimum Gasteiger partial charge on any atom is -0.392 e. The van der Waals surface area contributed by atoms with E-state index in [9.17, 15) is 4.39 Å². The molecule has 1 nitrogen and oxygen atoms in total. The largest absolute Gasteiger partial charge is 0.392 e. The zero-order valence-electron chi connectivity index (χ0n) is 6.62. The van der Waals surface area contributed by atoms with Crippen molar-refractivity contribution >= 4 is 34.1 Å². The lowest BCUT2D eigenvalue weighted by atomic mass is 10.1. The van der Waals surface area contributed by atoms with E-state index in [1.54, 1.807) is 6.07 Å². The molecule has 0 unspecified atom stereocenters. The van der Waals surface area contributed by atoms with Gasteiger partial charge in [-0.05, 0) is 22.9 Å². The predicted molar refractivity (Wildman–Crippen MR) is 55.0 cm³/mol. The molecule has 0 radical (unpaired) electrons. The third kappa shape index (κ3) is 1.35. The molecular weight excluding hydrogens is 207 g/mol. The summed E-state index contributed by atoms with van der Waals surface area (Å²) in [5, 5.41) is 11.8. The van der Waals surface area contributed by atoms with Gasteiger partial charge >= 0.3 is 0 Å². The van der Waals surface area contributed by atoms with Gasteiger partial charge in [-0.3, -0.25) is 0 Å². The zero-order chi connectivity index (χ0) is 9.42. The summed E-state index contributed by atoms with van der Waals surface area (Å²) in [6.45, 7) is -0.281. The maximum absolute atomic E-state index is 13.4. The molecule has 0 bridgehead atoms. The van der Waals surface area contributed by atoms with E-state index >= 15 is 0 Å². The number of aliphatic hydroxyl groups excluding tert-OH is 1. The fraction of sp³-hybridized carbons (Fsp3) is 0.111. The SMILES string of the molecule is OCc1c(F)c(S)cc2ccsc12. The number of hydrogen-bond donors (Lipinski definition) is 2. The molecule has 0 aliphatic rings. The predicted octanol–water partition coefficient (Wildman–Crippen LogP) is 2.82. The normalized spacial score (nSPS) is 11.0. The van der Waals surface area contributed by atoms with Crippen LogP contribution >= 0.6 is 24.0 Å². The molecule has 0 fully saturated rings. The number of halogens is 1. The molecule has 2 rings (SSSR count). The third-order valence-electron chi connectivity index (χ3n) is 1.91. The summed E-state index contributed by atoms with van der Waals surface area (Å²) in [7, 11) is 0. The van der Waals surface area contributed by atoms with Crippen LogP contribution in [0.3, 0.4) is 0 Å². The van der Waals surface area contributed by atoms with Gasteiger partial charge in [0, 0.05) is 15.2 Å². The Morgan fingerprint density at radius 2 is 2.31 bits per heavy atom. The Bertz CT molecular complexity index is 450. The Morgan fingerprint density at radius 1 is 1.54 bits per heavy atom. The van der Waals surface area contributed by atoms with Crippen LogP contribution in [0.15, 0.2) is 22.4 Å². The quantitative estimate of drug-likeness (QED) is 0.699. The van der Waals surface area contributed by atoms with Gasteiger partial charge in [0.05, 0.1) is 6.61 Å². The van der Waals surface area contributed by atoms with Crippen molar-refractivity contribution < 1.29 is 9.50 Å². The number of fused-ring (bicyclic) bond motifs is 1. The van der Waals surface area contributed by atoms with Gasteiger partial charge in [0.2, 0.25) is 0 Å². The van der Waals surface area contributed by atoms with Gasteiger partial charge in [0.1, 0.15) is 5.82 Å². The van der Waals surface area contributed by atoms with Crippen molar-refractivity contribution in [1.29, 1.82) is 0 Å². The van der Waals surface area contributed by atoms with Crippen LogP contribution in [0.1, 0.15) is 5.56 Å². The Labute approximate surface area is 84.2 Å². The first-order valence-electron chi connectivity index (χ1n) is 3.72. The molecule has 4 heteroatoms. The minimum absolute atomic E-state index is 0.281. The van der Waals surface area contributed by atoms with Gasteiger partial charge in [-0.1, -0.05) is 0 Å². The highest BCUT2D eigenvalue weighted by molar-refractivity contribution is 7.80. The van der Waals surface area contributed by atoms with E-state index in [1.807, 2.05) is 11.4 Å². The number of benzene rings is 1. The molecule has 0 aliphatic heterocycles. The molecule has 1 N–H and O–H groups in total. The highest BCUT2D eigenvalue weighted by Gasteiger charge is 2.11. The van der Waals surface area contributed by atoms with E-state index in [0.29, 0.717) is 5.56 Å². The average molecular weight is 214 g/mol. The molecule has 0 atom stereocenters. The molecule has 1 aromatic heterocycles. The Kier molecular flexibility index (Phi) is 2.27. The standard InChI is InChI=1S/C9H7FOS2/c10-8-6(4-11)9-5(1-2-13-9)3-7(8)12/h1-3,11-12H,4H2. The summed E-state index contributed by atoms with van der Waals surface area (Å²) in [5.41, 5.74) is 0.345. The molecule has 68 valence electrons. The van der Waals surface area contributed by atoms with Crippen LogP contribution in [0.25, 0.3) is 10.1 Å². The fourth-order valence-corrected chi connectivity index (χ4v) is 2.47. The van der Waals surface area contributed by atoms with E-state index in [4.69, 9.17) is 5.11 Å². The Morgan fingerprint density at radius 3 is 3.00 bits per heavy atom. The average Bonchev–Trinajstić information content (AvgIpc) is 2.54. The summed E-state index contributed by atoms with van der Waals surface area (Å²) in [5.74, 6) is -0.416. The molecule has 0 aliphatic carbocycles. The van der Waals surface area contributed by atoms with Crippen LogP contribution in [0.4, 0.5) is 4.39 Å². The van der Waals surface area contributed by atoms with Crippen LogP contribution < -0.4 is 0 Å². The molecule has 0 amide bonds. The van der Waals surface area contributed by atoms with Crippen LogP contribution in [-0.4, -0.2) is 5.11 Å². The van der Waals surface area contributed by atoms with E-state index < -0.39 is 5.82 Å². The lowest BCUT2D eigenvalue weighted by Gasteiger charge is -2.03. The Hall–Kier alpha value is -0.580. The van der Waals surface area contributed by atoms with Crippen molar-refractivity contribution in [2.45, 2.75) is 11.5 Å². The lowest BCUT2D eigenvalue weighted by molar-refractivity contribution is 0.277. The van der Waals surface area contributed by atoms with E-state index in [2.05, 4.69) is 12.6 Å². The van der Waals surface area contributed by atoms with Crippen LogP contribution in [0.5, 0.6) is 0 Å². The van der Waals surface area contributed by atoms with Gasteiger partial charge in [0.15, 0.2) is 0 Å². The topological polar surface area (TPSA) is 20.2 Å². The van der Waals surface area contributed by atoms with E-state index in [0.717, 1.165) is 10.1 Å². The van der Waals surface area contributed by atoms with Crippen molar-refractivity contribution in [3.05, 3.63) is 28.9 Å². The first-order chi connectivity index (χ1) is 6.24. The highest BCUT2D eigenvalue weighted by Crippen LogP contribution is 2.30. The van der Waals surface area contributed by atoms with Crippen molar-refractivity contribution in [3.8, 4) is 0 Å². The molecule has 2 aromatic rings. The number of thiophene rings is 1. The van der Waals surface area contributed by atoms with Crippen LogP contribution in [0.2, 0.25) is 0 Å². The molecule has 1 aromatic carbocycles. The van der Waals surface area contributed by atoms with Crippen molar-refractivity contribution in [2.24, 2.45) is 0 Å². The molecular formula is C9H7FOS2. The number of hydrogen-bond acceptors (Lipinski definition) is 3. The maximum atomic E-state index is 13.4. The smallest absolute Gasteiger partial charge is 0.143 e. The second kappa shape index (κ2) is 3.29. The number of rotatable bonds is 1. The molecule has 1 heterocycles. The third-order valence-corrected chi connectivity index (χ3v) is 3.23. The number of aliphatic hydroxyl groups is 1. The van der Waals surface area contributed by atoms with E-state index in [-0.39, 0.29) is 11.5 Å². The van der Waals surface area contributed by atoms with Gasteiger partial charge in [-0.2, -0.15) is 0 Å². The molecule has 13 heavy (non-hydrogen) atoms. The number of thiol groups is 1. The van der Waals surface area contributed by atoms with Crippen molar-refractivity contribution in [3.63, 3.8) is 0 Å². The summed E-state index contributed by atoms with van der Waals surface area (Å²) in [4.78, 5) is 0.287. The fourth-order valence-electron chi connectivity index (χ4n) is 1.28. The van der Waals surface area contributed by atoms with Crippen molar-refractivity contribution in [2.75, 3.05) is 0 Å². The minimum atomic E-state index is -0.416. The van der Waals surface area contributed by atoms with Gasteiger partial charge < -0.3 is 5.11 Å². The molecule has 0 saturated heterocycles. The van der Waals surface area contributed by atoms with Crippen LogP contribution in [0, 0.1) is 5.82 Å².